The zero-order chi connectivity index (χ0) is 9.97. The number of nitrogens with two attached hydrogens (primary N) is 1. The molecule has 2 aliphatic heterocycles. The van der Waals surface area contributed by atoms with Gasteiger partial charge in [0.25, 0.3) is 0 Å². The van der Waals surface area contributed by atoms with Crippen LogP contribution in [0, 0.1) is 0 Å². The van der Waals surface area contributed by atoms with Gasteiger partial charge in [0.15, 0.2) is 0 Å². The van der Waals surface area contributed by atoms with E-state index in [1.807, 2.05) is 0 Å². The van der Waals surface area contributed by atoms with Crippen molar-refractivity contribution in [2.75, 3.05) is 19.6 Å². The van der Waals surface area contributed by atoms with Crippen molar-refractivity contribution < 1.29 is 0 Å². The van der Waals surface area contributed by atoms with Gasteiger partial charge in [-0.2, -0.15) is 0 Å². The number of piperidine rings is 2. The minimum Gasteiger partial charge on any atom is -0.327 e. The minimum atomic E-state index is 0. The van der Waals surface area contributed by atoms with E-state index in [1.165, 1.54) is 38.8 Å². The fourth-order valence-corrected chi connectivity index (χ4v) is 2.94. The molecule has 0 aromatic heterocycles. The molecule has 4 heteroatoms. The SMILES string of the molecule is CC(N)CN1CCCC2NCCCC21.Cl. The van der Waals surface area contributed by atoms with Crippen molar-refractivity contribution in [3.8, 4) is 0 Å². The van der Waals surface area contributed by atoms with Crippen molar-refractivity contribution in [3.05, 3.63) is 0 Å². The third-order valence-corrected chi connectivity index (χ3v) is 3.50. The molecule has 2 fully saturated rings. The minimum absolute atomic E-state index is 0. The highest BCUT2D eigenvalue weighted by molar-refractivity contribution is 5.85. The van der Waals surface area contributed by atoms with Crippen LogP contribution in [0.1, 0.15) is 32.6 Å². The molecule has 0 amide bonds. The van der Waals surface area contributed by atoms with Gasteiger partial charge in [0.2, 0.25) is 0 Å². The number of fused-ring (bicyclic) bond motifs is 1. The number of likely N-dealkylation sites (tertiary alicyclic amines) is 1. The first kappa shape index (κ1) is 13.2. The van der Waals surface area contributed by atoms with Gasteiger partial charge in [-0.1, -0.05) is 0 Å². The largest absolute Gasteiger partial charge is 0.327 e. The summed E-state index contributed by atoms with van der Waals surface area (Å²) in [5.41, 5.74) is 5.88. The second-order valence-corrected chi connectivity index (χ2v) is 4.88. The number of hydrogen-bond donors (Lipinski definition) is 2. The third kappa shape index (κ3) is 3.31. The maximum atomic E-state index is 5.88. The Morgan fingerprint density at radius 2 is 2.20 bits per heavy atom. The zero-order valence-electron chi connectivity index (χ0n) is 9.61. The van der Waals surface area contributed by atoms with Crippen molar-refractivity contribution in [2.24, 2.45) is 5.73 Å². The average Bonchev–Trinajstić information content (AvgIpc) is 2.18. The fraction of sp³-hybridized carbons (Fsp3) is 1.00. The summed E-state index contributed by atoms with van der Waals surface area (Å²) in [6.07, 6.45) is 5.39. The standard InChI is InChI=1S/C11H23N3.ClH/c1-9(12)8-14-7-3-4-10-11(14)5-2-6-13-10;/h9-11,13H,2-8,12H2,1H3;1H. The second kappa shape index (κ2) is 6.04. The highest BCUT2D eigenvalue weighted by Crippen LogP contribution is 2.24. The Morgan fingerprint density at radius 3 is 2.93 bits per heavy atom. The van der Waals surface area contributed by atoms with Crippen LogP contribution in [0.25, 0.3) is 0 Å². The summed E-state index contributed by atoms with van der Waals surface area (Å²) in [7, 11) is 0. The van der Waals surface area contributed by atoms with E-state index in [0.29, 0.717) is 6.04 Å². The molecular formula is C11H24ClN3. The molecule has 0 spiro atoms. The Balaban J connectivity index is 0.00000112. The molecule has 3 N–H and O–H groups in total. The van der Waals surface area contributed by atoms with Crippen LogP contribution in [0.4, 0.5) is 0 Å². The van der Waals surface area contributed by atoms with E-state index in [1.54, 1.807) is 0 Å². The molecule has 2 aliphatic rings. The monoisotopic (exact) mass is 233 g/mol. The topological polar surface area (TPSA) is 41.3 Å². The van der Waals surface area contributed by atoms with Gasteiger partial charge in [-0.05, 0) is 45.7 Å². The van der Waals surface area contributed by atoms with Crippen LogP contribution in [0.5, 0.6) is 0 Å². The number of nitrogens with zero attached hydrogens (tertiary/aromatic N) is 1. The first-order valence-electron chi connectivity index (χ1n) is 6.00. The fourth-order valence-electron chi connectivity index (χ4n) is 2.94. The summed E-state index contributed by atoms with van der Waals surface area (Å²) in [6, 6.07) is 1.83. The predicted octanol–water partition coefficient (Wildman–Crippen LogP) is 0.972. The normalized spacial score (nSPS) is 34.0. The van der Waals surface area contributed by atoms with Gasteiger partial charge >= 0.3 is 0 Å². The van der Waals surface area contributed by atoms with Gasteiger partial charge in [-0.25, -0.2) is 0 Å². The summed E-state index contributed by atoms with van der Waals surface area (Å²) >= 11 is 0. The van der Waals surface area contributed by atoms with Gasteiger partial charge < -0.3 is 11.1 Å². The second-order valence-electron chi connectivity index (χ2n) is 4.88. The van der Waals surface area contributed by atoms with E-state index < -0.39 is 0 Å². The first-order chi connectivity index (χ1) is 6.77. The quantitative estimate of drug-likeness (QED) is 0.747. The van der Waals surface area contributed by atoms with E-state index in [9.17, 15) is 0 Å². The molecule has 90 valence electrons. The maximum Gasteiger partial charge on any atom is 0.0250 e. The zero-order valence-corrected chi connectivity index (χ0v) is 10.4. The molecule has 3 atom stereocenters. The van der Waals surface area contributed by atoms with Gasteiger partial charge in [0.1, 0.15) is 0 Å². The van der Waals surface area contributed by atoms with Crippen LogP contribution in [-0.4, -0.2) is 42.7 Å². The Hall–Kier alpha value is 0.170. The summed E-state index contributed by atoms with van der Waals surface area (Å²) in [4.78, 5) is 2.60. The highest BCUT2D eigenvalue weighted by Gasteiger charge is 2.32. The number of halogens is 1. The van der Waals surface area contributed by atoms with E-state index in [-0.39, 0.29) is 12.4 Å². The number of nitrogens with one attached hydrogen (secondary N) is 1. The Bertz CT molecular complexity index is 185. The summed E-state index contributed by atoms with van der Waals surface area (Å²) < 4.78 is 0. The molecular weight excluding hydrogens is 210 g/mol. The van der Waals surface area contributed by atoms with Crippen molar-refractivity contribution in [3.63, 3.8) is 0 Å². The van der Waals surface area contributed by atoms with E-state index in [0.717, 1.165) is 18.6 Å². The van der Waals surface area contributed by atoms with Crippen LogP contribution in [0.3, 0.4) is 0 Å². The summed E-state index contributed by atoms with van der Waals surface area (Å²) in [5, 5.41) is 3.64. The number of rotatable bonds is 2. The van der Waals surface area contributed by atoms with Crippen molar-refractivity contribution in [1.29, 1.82) is 0 Å². The molecule has 0 saturated carbocycles. The molecule has 0 bridgehead atoms. The first-order valence-corrected chi connectivity index (χ1v) is 6.00. The van der Waals surface area contributed by atoms with Crippen LogP contribution in [0.15, 0.2) is 0 Å². The molecule has 2 rings (SSSR count). The molecule has 2 saturated heterocycles. The predicted molar refractivity (Wildman–Crippen MR) is 66.5 cm³/mol. The van der Waals surface area contributed by atoms with Crippen LogP contribution in [0.2, 0.25) is 0 Å². The Kier molecular flexibility index (Phi) is 5.33. The van der Waals surface area contributed by atoms with Gasteiger partial charge in [0.05, 0.1) is 0 Å². The van der Waals surface area contributed by atoms with E-state index >= 15 is 0 Å². The Labute approximate surface area is 99.2 Å². The van der Waals surface area contributed by atoms with Gasteiger partial charge in [-0.15, -0.1) is 12.4 Å². The van der Waals surface area contributed by atoms with Crippen molar-refractivity contribution in [1.82, 2.24) is 10.2 Å². The summed E-state index contributed by atoms with van der Waals surface area (Å²) in [6.45, 7) is 5.65. The Morgan fingerprint density at radius 1 is 1.40 bits per heavy atom. The van der Waals surface area contributed by atoms with Crippen LogP contribution >= 0.6 is 12.4 Å². The molecule has 0 radical (unpaired) electrons. The molecule has 0 aromatic rings. The molecule has 0 aliphatic carbocycles. The van der Waals surface area contributed by atoms with E-state index in [2.05, 4.69) is 17.1 Å². The van der Waals surface area contributed by atoms with Crippen LogP contribution < -0.4 is 11.1 Å². The van der Waals surface area contributed by atoms with Crippen molar-refractivity contribution >= 4 is 12.4 Å². The lowest BCUT2D eigenvalue weighted by atomic mass is 9.89. The lowest BCUT2D eigenvalue weighted by Crippen LogP contribution is -2.58. The highest BCUT2D eigenvalue weighted by atomic mass is 35.5. The number of hydrogen-bond acceptors (Lipinski definition) is 3. The van der Waals surface area contributed by atoms with Crippen LogP contribution in [-0.2, 0) is 0 Å². The third-order valence-electron chi connectivity index (χ3n) is 3.50. The summed E-state index contributed by atoms with van der Waals surface area (Å²) in [5.74, 6) is 0. The van der Waals surface area contributed by atoms with Gasteiger partial charge in [-0.3, -0.25) is 4.90 Å². The maximum absolute atomic E-state index is 5.88. The smallest absolute Gasteiger partial charge is 0.0250 e. The lowest BCUT2D eigenvalue weighted by molar-refractivity contribution is 0.0828. The molecule has 3 unspecified atom stereocenters. The van der Waals surface area contributed by atoms with Gasteiger partial charge in [0, 0.05) is 24.7 Å². The lowest BCUT2D eigenvalue weighted by Gasteiger charge is -2.45. The van der Waals surface area contributed by atoms with E-state index in [4.69, 9.17) is 5.73 Å². The molecule has 2 heterocycles. The van der Waals surface area contributed by atoms with Crippen molar-refractivity contribution in [2.45, 2.75) is 50.7 Å². The molecule has 15 heavy (non-hydrogen) atoms. The molecule has 0 aromatic carbocycles. The molecule has 3 nitrogen and oxygen atoms in total. The average molecular weight is 234 g/mol.